The zero-order valence-corrected chi connectivity index (χ0v) is 10.0. The normalized spacial score (nSPS) is 14.4. The van der Waals surface area contributed by atoms with Crippen LogP contribution in [0.15, 0.2) is 30.4 Å². The topological polar surface area (TPSA) is 78.4 Å². The van der Waals surface area contributed by atoms with E-state index in [1.165, 1.54) is 6.07 Å². The van der Waals surface area contributed by atoms with E-state index in [9.17, 15) is 14.0 Å². The zero-order chi connectivity index (χ0) is 13.8. The third-order valence-electron chi connectivity index (χ3n) is 2.80. The Morgan fingerprint density at radius 2 is 1.95 bits per heavy atom. The molecule has 0 unspecified atom stereocenters. The Bertz CT molecular complexity index is 535. The summed E-state index contributed by atoms with van der Waals surface area (Å²) in [5.74, 6) is -1.96. The van der Waals surface area contributed by atoms with E-state index in [1.807, 2.05) is 12.2 Å². The van der Waals surface area contributed by atoms with E-state index in [1.54, 1.807) is 0 Å². The molecule has 0 atom stereocenters. The fraction of sp³-hybridized carbons (Fsp3) is 0.231. The largest absolute Gasteiger partial charge is 0.478 e. The number of carbonyl (C=O) groups is 2. The van der Waals surface area contributed by atoms with Gasteiger partial charge >= 0.3 is 12.0 Å². The molecule has 0 heterocycles. The van der Waals surface area contributed by atoms with E-state index >= 15 is 0 Å². The first-order valence-corrected chi connectivity index (χ1v) is 5.81. The lowest BCUT2D eigenvalue weighted by Crippen LogP contribution is -2.36. The molecule has 1 aromatic carbocycles. The third-order valence-corrected chi connectivity index (χ3v) is 2.80. The number of benzene rings is 1. The summed E-state index contributed by atoms with van der Waals surface area (Å²) in [4.78, 5) is 22.6. The molecule has 0 aliphatic heterocycles. The molecular formula is C13H13FN2O3. The number of urea groups is 1. The van der Waals surface area contributed by atoms with Crippen LogP contribution in [0, 0.1) is 5.82 Å². The second-order valence-corrected chi connectivity index (χ2v) is 4.23. The number of carboxylic acid groups (broad SMARTS) is 1. The monoisotopic (exact) mass is 264 g/mol. The summed E-state index contributed by atoms with van der Waals surface area (Å²) in [5, 5.41) is 14.1. The van der Waals surface area contributed by atoms with Gasteiger partial charge in [0, 0.05) is 6.04 Å². The standard InChI is InChI=1S/C13H13FN2O3/c14-8-5-6-11(10(7-8)12(17)18)16-13(19)15-9-3-1-2-4-9/h1-2,5-7,9H,3-4H2,(H,17,18)(H2,15,16,19). The van der Waals surface area contributed by atoms with Gasteiger partial charge in [0.25, 0.3) is 0 Å². The van der Waals surface area contributed by atoms with Crippen LogP contribution in [-0.2, 0) is 0 Å². The van der Waals surface area contributed by atoms with Gasteiger partial charge in [0.15, 0.2) is 0 Å². The molecule has 5 nitrogen and oxygen atoms in total. The lowest BCUT2D eigenvalue weighted by Gasteiger charge is -2.14. The minimum atomic E-state index is -1.29. The highest BCUT2D eigenvalue weighted by molar-refractivity contribution is 6.00. The average molecular weight is 264 g/mol. The number of anilines is 1. The fourth-order valence-corrected chi connectivity index (χ4v) is 1.88. The minimum Gasteiger partial charge on any atom is -0.478 e. The van der Waals surface area contributed by atoms with Crippen molar-refractivity contribution in [2.24, 2.45) is 0 Å². The minimum absolute atomic E-state index is 0.0220. The van der Waals surface area contributed by atoms with E-state index in [4.69, 9.17) is 5.11 Å². The highest BCUT2D eigenvalue weighted by Crippen LogP contribution is 2.17. The summed E-state index contributed by atoms with van der Waals surface area (Å²) in [6.45, 7) is 0. The Labute approximate surface area is 109 Å². The van der Waals surface area contributed by atoms with Crippen molar-refractivity contribution in [2.45, 2.75) is 18.9 Å². The SMILES string of the molecule is O=C(Nc1ccc(F)cc1C(=O)O)NC1CC=CC1. The number of carbonyl (C=O) groups excluding carboxylic acids is 1. The van der Waals surface area contributed by atoms with Gasteiger partial charge in [-0.25, -0.2) is 14.0 Å². The molecule has 0 saturated heterocycles. The molecule has 1 aromatic rings. The first kappa shape index (κ1) is 13.1. The number of carboxylic acids is 1. The average Bonchev–Trinajstić information content (AvgIpc) is 2.83. The Morgan fingerprint density at radius 3 is 2.58 bits per heavy atom. The molecule has 1 aliphatic rings. The van der Waals surface area contributed by atoms with Crippen molar-refractivity contribution in [3.8, 4) is 0 Å². The number of amides is 2. The lowest BCUT2D eigenvalue weighted by atomic mass is 10.1. The van der Waals surface area contributed by atoms with Crippen molar-refractivity contribution >= 4 is 17.7 Å². The van der Waals surface area contributed by atoms with Crippen molar-refractivity contribution in [1.29, 1.82) is 0 Å². The molecule has 19 heavy (non-hydrogen) atoms. The molecule has 0 saturated carbocycles. The van der Waals surface area contributed by atoms with Crippen LogP contribution < -0.4 is 10.6 Å². The molecule has 3 N–H and O–H groups in total. The van der Waals surface area contributed by atoms with Gasteiger partial charge in [-0.3, -0.25) is 0 Å². The van der Waals surface area contributed by atoms with Gasteiger partial charge in [-0.05, 0) is 31.0 Å². The van der Waals surface area contributed by atoms with E-state index < -0.39 is 17.8 Å². The van der Waals surface area contributed by atoms with Crippen LogP contribution >= 0.6 is 0 Å². The van der Waals surface area contributed by atoms with Gasteiger partial charge in [0.2, 0.25) is 0 Å². The molecule has 1 aliphatic carbocycles. The molecule has 0 spiro atoms. The Balaban J connectivity index is 2.05. The Hall–Kier alpha value is -2.37. The van der Waals surface area contributed by atoms with Crippen molar-refractivity contribution in [2.75, 3.05) is 5.32 Å². The van der Waals surface area contributed by atoms with Crippen LogP contribution in [0.2, 0.25) is 0 Å². The maximum atomic E-state index is 13.0. The second-order valence-electron chi connectivity index (χ2n) is 4.23. The van der Waals surface area contributed by atoms with E-state index in [0.717, 1.165) is 25.0 Å². The van der Waals surface area contributed by atoms with Crippen molar-refractivity contribution < 1.29 is 19.1 Å². The van der Waals surface area contributed by atoms with Gasteiger partial charge < -0.3 is 15.7 Å². The molecule has 0 fully saturated rings. The zero-order valence-electron chi connectivity index (χ0n) is 10.0. The molecule has 0 radical (unpaired) electrons. The van der Waals surface area contributed by atoms with Crippen LogP contribution in [0.4, 0.5) is 14.9 Å². The number of hydrogen-bond acceptors (Lipinski definition) is 2. The summed E-state index contributed by atoms with van der Waals surface area (Å²) >= 11 is 0. The summed E-state index contributed by atoms with van der Waals surface area (Å²) in [6, 6.07) is 2.72. The van der Waals surface area contributed by atoms with Crippen LogP contribution in [0.3, 0.4) is 0 Å². The number of rotatable bonds is 3. The molecule has 2 amide bonds. The summed E-state index contributed by atoms with van der Waals surface area (Å²) in [7, 11) is 0. The van der Waals surface area contributed by atoms with Gasteiger partial charge in [0.05, 0.1) is 11.3 Å². The van der Waals surface area contributed by atoms with Crippen molar-refractivity contribution in [3.63, 3.8) is 0 Å². The molecular weight excluding hydrogens is 251 g/mol. The third kappa shape index (κ3) is 3.31. The summed E-state index contributed by atoms with van der Waals surface area (Å²) < 4.78 is 13.0. The molecule has 0 bridgehead atoms. The summed E-state index contributed by atoms with van der Waals surface area (Å²) in [5.41, 5.74) is -0.211. The fourth-order valence-electron chi connectivity index (χ4n) is 1.88. The summed E-state index contributed by atoms with van der Waals surface area (Å²) in [6.07, 6.45) is 5.43. The van der Waals surface area contributed by atoms with Crippen LogP contribution in [-0.4, -0.2) is 23.1 Å². The highest BCUT2D eigenvalue weighted by atomic mass is 19.1. The van der Waals surface area contributed by atoms with Crippen LogP contribution in [0.25, 0.3) is 0 Å². The van der Waals surface area contributed by atoms with E-state index in [-0.39, 0.29) is 17.3 Å². The van der Waals surface area contributed by atoms with E-state index in [0.29, 0.717) is 0 Å². The van der Waals surface area contributed by atoms with Crippen molar-refractivity contribution in [1.82, 2.24) is 5.32 Å². The van der Waals surface area contributed by atoms with Crippen molar-refractivity contribution in [3.05, 3.63) is 41.7 Å². The maximum Gasteiger partial charge on any atom is 0.337 e. The van der Waals surface area contributed by atoms with Gasteiger partial charge in [-0.1, -0.05) is 12.2 Å². The highest BCUT2D eigenvalue weighted by Gasteiger charge is 2.16. The van der Waals surface area contributed by atoms with Gasteiger partial charge in [-0.15, -0.1) is 0 Å². The number of aromatic carboxylic acids is 1. The maximum absolute atomic E-state index is 13.0. The van der Waals surface area contributed by atoms with E-state index in [2.05, 4.69) is 10.6 Å². The molecule has 0 aromatic heterocycles. The predicted molar refractivity (Wildman–Crippen MR) is 67.7 cm³/mol. The first-order chi connectivity index (χ1) is 9.06. The number of hydrogen-bond donors (Lipinski definition) is 3. The van der Waals surface area contributed by atoms with Gasteiger partial charge in [0.1, 0.15) is 5.82 Å². The lowest BCUT2D eigenvalue weighted by molar-refractivity contribution is 0.0697. The quantitative estimate of drug-likeness (QED) is 0.733. The Kier molecular flexibility index (Phi) is 3.79. The van der Waals surface area contributed by atoms with Gasteiger partial charge in [-0.2, -0.15) is 0 Å². The molecule has 100 valence electrons. The smallest absolute Gasteiger partial charge is 0.337 e. The molecule has 6 heteroatoms. The van der Waals surface area contributed by atoms with Crippen LogP contribution in [0.1, 0.15) is 23.2 Å². The predicted octanol–water partition coefficient (Wildman–Crippen LogP) is 2.36. The molecule has 2 rings (SSSR count). The van der Waals surface area contributed by atoms with Crippen LogP contribution in [0.5, 0.6) is 0 Å². The first-order valence-electron chi connectivity index (χ1n) is 5.81. The Morgan fingerprint density at radius 1 is 1.26 bits per heavy atom. The second kappa shape index (κ2) is 5.51. The number of halogens is 1. The number of nitrogens with one attached hydrogen (secondary N) is 2.